The van der Waals surface area contributed by atoms with Crippen LogP contribution in [0.1, 0.15) is 28.9 Å². The van der Waals surface area contributed by atoms with Gasteiger partial charge in [-0.15, -0.1) is 10.2 Å². The summed E-state index contributed by atoms with van der Waals surface area (Å²) >= 11 is 1.37. The molecule has 1 aromatic heterocycles. The Hall–Kier alpha value is -3.11. The van der Waals surface area contributed by atoms with Gasteiger partial charge >= 0.3 is 0 Å². The lowest BCUT2D eigenvalue weighted by molar-refractivity contribution is -0.127. The van der Waals surface area contributed by atoms with Crippen LogP contribution in [0.25, 0.3) is 5.69 Å². The van der Waals surface area contributed by atoms with E-state index < -0.39 is 0 Å². The molecular formula is C23H25N5OS. The summed E-state index contributed by atoms with van der Waals surface area (Å²) < 4.78 is 2.05. The largest absolute Gasteiger partial charge is 0.344 e. The predicted octanol–water partition coefficient (Wildman–Crippen LogP) is 3.94. The molecule has 1 amide bonds. The number of aromatic nitrogens is 3. The maximum Gasteiger partial charge on any atom is 0.232 e. The summed E-state index contributed by atoms with van der Waals surface area (Å²) in [6.07, 6.45) is 0.977. The average molecular weight is 420 g/mol. The number of hydrogen-bond donors (Lipinski definition) is 0. The number of aryl methyl sites for hydroxylation is 2. The highest BCUT2D eigenvalue weighted by Crippen LogP contribution is 2.26. The van der Waals surface area contributed by atoms with Gasteiger partial charge < -0.3 is 4.90 Å². The van der Waals surface area contributed by atoms with Crippen molar-refractivity contribution in [2.24, 2.45) is 0 Å². The molecule has 6 nitrogen and oxygen atoms in total. The van der Waals surface area contributed by atoms with Gasteiger partial charge in [0.25, 0.3) is 0 Å². The second-order valence-electron chi connectivity index (χ2n) is 7.20. The number of thioether (sulfide) groups is 1. The maximum atomic E-state index is 12.4. The summed E-state index contributed by atoms with van der Waals surface area (Å²) in [5, 5.41) is 18.3. The number of carbonyl (C=O) groups is 1. The van der Waals surface area contributed by atoms with E-state index in [1.165, 1.54) is 17.3 Å². The monoisotopic (exact) mass is 419 g/mol. The topological polar surface area (TPSA) is 74.8 Å². The van der Waals surface area contributed by atoms with Crippen molar-refractivity contribution in [3.05, 3.63) is 71.0 Å². The molecule has 0 radical (unpaired) electrons. The SMILES string of the molecule is Cc1ccc(-n2c(Cc3ccccc3)nnc2SCC(=O)N(C)CCC#N)c(C)c1. The van der Waals surface area contributed by atoms with E-state index in [-0.39, 0.29) is 11.7 Å². The first-order valence-electron chi connectivity index (χ1n) is 9.79. The van der Waals surface area contributed by atoms with Crippen LogP contribution in [0.5, 0.6) is 0 Å². The van der Waals surface area contributed by atoms with Crippen LogP contribution in [0.2, 0.25) is 0 Å². The van der Waals surface area contributed by atoms with Crippen molar-refractivity contribution in [1.82, 2.24) is 19.7 Å². The minimum atomic E-state index is -0.0324. The summed E-state index contributed by atoms with van der Waals surface area (Å²) in [7, 11) is 1.72. The third kappa shape index (κ3) is 5.28. The third-order valence-electron chi connectivity index (χ3n) is 4.81. The van der Waals surface area contributed by atoms with Crippen LogP contribution >= 0.6 is 11.8 Å². The van der Waals surface area contributed by atoms with E-state index in [1.807, 2.05) is 18.2 Å². The average Bonchev–Trinajstić information content (AvgIpc) is 3.13. The minimum Gasteiger partial charge on any atom is -0.344 e. The van der Waals surface area contributed by atoms with Gasteiger partial charge in [0.05, 0.1) is 23.9 Å². The lowest BCUT2D eigenvalue weighted by Crippen LogP contribution is -2.29. The number of nitriles is 1. The molecule has 0 saturated heterocycles. The van der Waals surface area contributed by atoms with Crippen LogP contribution in [0.15, 0.2) is 53.7 Å². The van der Waals surface area contributed by atoms with Gasteiger partial charge in [-0.1, -0.05) is 59.8 Å². The summed E-state index contributed by atoms with van der Waals surface area (Å²) in [6, 6.07) is 18.5. The lowest BCUT2D eigenvalue weighted by atomic mass is 10.1. The summed E-state index contributed by atoms with van der Waals surface area (Å²) in [5.74, 6) is 1.05. The van der Waals surface area contributed by atoms with E-state index in [4.69, 9.17) is 5.26 Å². The van der Waals surface area contributed by atoms with Crippen LogP contribution < -0.4 is 0 Å². The number of benzene rings is 2. The summed E-state index contributed by atoms with van der Waals surface area (Å²) in [4.78, 5) is 14.0. The van der Waals surface area contributed by atoms with Crippen molar-refractivity contribution in [3.63, 3.8) is 0 Å². The van der Waals surface area contributed by atoms with Crippen LogP contribution in [-0.2, 0) is 11.2 Å². The van der Waals surface area contributed by atoms with E-state index in [2.05, 4.69) is 65.0 Å². The Balaban J connectivity index is 1.89. The van der Waals surface area contributed by atoms with Crippen LogP contribution in [-0.4, -0.2) is 44.9 Å². The van der Waals surface area contributed by atoms with E-state index >= 15 is 0 Å². The quantitative estimate of drug-likeness (QED) is 0.517. The van der Waals surface area contributed by atoms with Crippen molar-refractivity contribution in [2.45, 2.75) is 31.8 Å². The molecule has 0 aliphatic heterocycles. The second kappa shape index (κ2) is 10.1. The van der Waals surface area contributed by atoms with Gasteiger partial charge in [0.1, 0.15) is 5.82 Å². The highest BCUT2D eigenvalue weighted by Gasteiger charge is 2.18. The molecule has 0 spiro atoms. The number of amides is 1. The standard InChI is InChI=1S/C23H25N5OS/c1-17-10-11-20(18(2)14-17)28-21(15-19-8-5-4-6-9-19)25-26-23(28)30-16-22(29)27(3)13-7-12-24/h4-6,8-11,14H,7,13,15-16H2,1-3H3. The first-order valence-corrected chi connectivity index (χ1v) is 10.8. The zero-order valence-corrected chi connectivity index (χ0v) is 18.3. The molecule has 7 heteroatoms. The van der Waals surface area contributed by atoms with E-state index in [9.17, 15) is 4.79 Å². The molecule has 3 aromatic rings. The number of nitrogens with zero attached hydrogens (tertiary/aromatic N) is 5. The molecule has 0 fully saturated rings. The minimum absolute atomic E-state index is 0.0324. The van der Waals surface area contributed by atoms with Crippen molar-refractivity contribution in [3.8, 4) is 11.8 Å². The highest BCUT2D eigenvalue weighted by molar-refractivity contribution is 7.99. The van der Waals surface area contributed by atoms with Gasteiger partial charge in [0, 0.05) is 20.0 Å². The Bertz CT molecular complexity index is 1060. The normalized spacial score (nSPS) is 10.6. The summed E-state index contributed by atoms with van der Waals surface area (Å²) in [6.45, 7) is 4.57. The maximum absolute atomic E-state index is 12.4. The second-order valence-corrected chi connectivity index (χ2v) is 8.14. The van der Waals surface area contributed by atoms with E-state index in [0.29, 0.717) is 24.5 Å². The molecule has 0 atom stereocenters. The Morgan fingerprint density at radius 1 is 1.17 bits per heavy atom. The molecule has 0 N–H and O–H groups in total. The van der Waals surface area contributed by atoms with Crippen LogP contribution in [0.4, 0.5) is 0 Å². The van der Waals surface area contributed by atoms with Crippen LogP contribution in [0, 0.1) is 25.2 Å². The fraction of sp³-hybridized carbons (Fsp3) is 0.304. The number of hydrogen-bond acceptors (Lipinski definition) is 5. The smallest absolute Gasteiger partial charge is 0.232 e. The Labute approximate surface area is 181 Å². The molecule has 3 rings (SSSR count). The molecule has 0 aliphatic rings. The fourth-order valence-corrected chi connectivity index (χ4v) is 4.07. The van der Waals surface area contributed by atoms with Gasteiger partial charge in [-0.25, -0.2) is 0 Å². The first kappa shape index (κ1) is 21.6. The zero-order valence-electron chi connectivity index (χ0n) is 17.5. The number of rotatable bonds is 8. The molecule has 30 heavy (non-hydrogen) atoms. The third-order valence-corrected chi connectivity index (χ3v) is 5.72. The van der Waals surface area contributed by atoms with Crippen molar-refractivity contribution < 1.29 is 4.79 Å². The molecule has 0 unspecified atom stereocenters. The van der Waals surface area contributed by atoms with Gasteiger partial charge in [-0.3, -0.25) is 9.36 Å². The van der Waals surface area contributed by atoms with Crippen molar-refractivity contribution >= 4 is 17.7 Å². The molecule has 154 valence electrons. The van der Waals surface area contributed by atoms with Gasteiger partial charge in [0.2, 0.25) is 5.91 Å². The Morgan fingerprint density at radius 3 is 2.63 bits per heavy atom. The van der Waals surface area contributed by atoms with E-state index in [1.54, 1.807) is 11.9 Å². The Morgan fingerprint density at radius 2 is 1.93 bits per heavy atom. The first-order chi connectivity index (χ1) is 14.5. The van der Waals surface area contributed by atoms with Gasteiger partial charge in [-0.05, 0) is 31.0 Å². The van der Waals surface area contributed by atoms with Gasteiger partial charge in [-0.2, -0.15) is 5.26 Å². The number of carbonyl (C=O) groups excluding carboxylic acids is 1. The Kier molecular flexibility index (Phi) is 7.26. The van der Waals surface area contributed by atoms with Crippen LogP contribution in [0.3, 0.4) is 0 Å². The molecule has 1 heterocycles. The molecule has 0 aliphatic carbocycles. The van der Waals surface area contributed by atoms with Crippen molar-refractivity contribution in [2.75, 3.05) is 19.3 Å². The van der Waals surface area contributed by atoms with Crippen molar-refractivity contribution in [1.29, 1.82) is 5.26 Å². The highest BCUT2D eigenvalue weighted by atomic mass is 32.2. The predicted molar refractivity (Wildman–Crippen MR) is 119 cm³/mol. The molecule has 2 aromatic carbocycles. The van der Waals surface area contributed by atoms with E-state index in [0.717, 1.165) is 22.6 Å². The van der Waals surface area contributed by atoms with Gasteiger partial charge in [0.15, 0.2) is 5.16 Å². The zero-order chi connectivity index (χ0) is 21.5. The molecule has 0 bridgehead atoms. The summed E-state index contributed by atoms with van der Waals surface area (Å²) in [5.41, 5.74) is 4.49. The lowest BCUT2D eigenvalue weighted by Gasteiger charge is -2.16. The fourth-order valence-electron chi connectivity index (χ4n) is 3.16. The molecule has 0 saturated carbocycles. The molecular weight excluding hydrogens is 394 g/mol.